The highest BCUT2D eigenvalue weighted by Gasteiger charge is 1.97. The minimum atomic E-state index is 0.159. The smallest absolute Gasteiger partial charge is 0.156 e. The summed E-state index contributed by atoms with van der Waals surface area (Å²) in [6.07, 6.45) is 8.69. The van der Waals surface area contributed by atoms with Crippen molar-refractivity contribution >= 4 is 11.9 Å². The molecule has 2 aromatic rings. The molecule has 20 heavy (non-hydrogen) atoms. The number of carbonyl (C=O) groups excluding carboxylic acids is 1. The van der Waals surface area contributed by atoms with Gasteiger partial charge in [-0.25, -0.2) is 0 Å². The van der Waals surface area contributed by atoms with Gasteiger partial charge in [-0.1, -0.05) is 78.9 Å². The number of rotatable bonds is 6. The van der Waals surface area contributed by atoms with Crippen LogP contribution in [-0.4, -0.2) is 5.78 Å². The molecule has 0 fully saturated rings. The molecule has 2 rings (SSSR count). The van der Waals surface area contributed by atoms with Gasteiger partial charge in [-0.3, -0.25) is 4.79 Å². The van der Waals surface area contributed by atoms with Gasteiger partial charge < -0.3 is 0 Å². The normalized spacial score (nSPS) is 11.2. The highest BCUT2D eigenvalue weighted by molar-refractivity contribution is 5.90. The van der Waals surface area contributed by atoms with E-state index in [9.17, 15) is 4.79 Å². The van der Waals surface area contributed by atoms with Gasteiger partial charge in [-0.05, 0) is 23.6 Å². The van der Waals surface area contributed by atoms with E-state index < -0.39 is 0 Å². The molecular weight excluding hydrogens is 244 g/mol. The summed E-state index contributed by atoms with van der Waals surface area (Å²) in [6, 6.07) is 20.1. The topological polar surface area (TPSA) is 17.1 Å². The van der Waals surface area contributed by atoms with Crippen LogP contribution in [0.4, 0.5) is 0 Å². The molecule has 0 amide bonds. The summed E-state index contributed by atoms with van der Waals surface area (Å²) in [5.74, 6) is 0.159. The van der Waals surface area contributed by atoms with E-state index in [1.54, 1.807) is 12.2 Å². The number of ketones is 1. The number of hydrogen-bond acceptors (Lipinski definition) is 1. The molecule has 0 saturated carbocycles. The number of allylic oxidation sites excluding steroid dienone is 3. The second-order valence-electron chi connectivity index (χ2n) is 4.58. The minimum Gasteiger partial charge on any atom is -0.295 e. The van der Waals surface area contributed by atoms with Gasteiger partial charge in [0.25, 0.3) is 0 Å². The van der Waals surface area contributed by atoms with Crippen LogP contribution >= 0.6 is 0 Å². The molecule has 0 aliphatic rings. The van der Waals surface area contributed by atoms with Crippen LogP contribution in [0, 0.1) is 0 Å². The molecule has 0 radical (unpaired) electrons. The Morgan fingerprint density at radius 1 is 0.850 bits per heavy atom. The van der Waals surface area contributed by atoms with Crippen LogP contribution in [0.25, 0.3) is 6.08 Å². The van der Waals surface area contributed by atoms with Crippen molar-refractivity contribution in [3.8, 4) is 0 Å². The van der Waals surface area contributed by atoms with E-state index >= 15 is 0 Å². The zero-order valence-electron chi connectivity index (χ0n) is 11.4. The summed E-state index contributed by atoms with van der Waals surface area (Å²) in [6.45, 7) is 0. The van der Waals surface area contributed by atoms with Gasteiger partial charge in [0.1, 0.15) is 0 Å². The summed E-state index contributed by atoms with van der Waals surface area (Å²) in [7, 11) is 0. The van der Waals surface area contributed by atoms with E-state index in [1.807, 2.05) is 72.8 Å². The van der Waals surface area contributed by atoms with Crippen LogP contribution in [0.15, 0.2) is 78.9 Å². The molecule has 1 heteroatoms. The predicted molar refractivity (Wildman–Crippen MR) is 84.4 cm³/mol. The summed E-state index contributed by atoms with van der Waals surface area (Å²) in [4.78, 5) is 11.7. The fourth-order valence-corrected chi connectivity index (χ4v) is 1.89. The van der Waals surface area contributed by atoms with Crippen molar-refractivity contribution in [2.45, 2.75) is 12.8 Å². The Balaban J connectivity index is 1.77. The Morgan fingerprint density at radius 2 is 1.50 bits per heavy atom. The molecule has 2 aromatic carbocycles. The first-order chi connectivity index (χ1) is 9.84. The molecule has 0 aromatic heterocycles. The predicted octanol–water partition coefficient (Wildman–Crippen LogP) is 4.46. The zero-order valence-corrected chi connectivity index (χ0v) is 11.4. The molecule has 0 spiro atoms. The molecule has 0 saturated heterocycles. The second kappa shape index (κ2) is 7.90. The molecule has 0 aliphatic carbocycles. The number of aryl methyl sites for hydroxylation is 1. The fourth-order valence-electron chi connectivity index (χ4n) is 1.89. The fraction of sp³-hybridized carbons (Fsp3) is 0.105. The first-order valence-electron chi connectivity index (χ1n) is 6.81. The van der Waals surface area contributed by atoms with E-state index in [0.717, 1.165) is 12.0 Å². The molecule has 0 N–H and O–H groups in total. The third-order valence-corrected chi connectivity index (χ3v) is 2.98. The Labute approximate surface area is 120 Å². The van der Waals surface area contributed by atoms with Gasteiger partial charge in [0, 0.05) is 6.42 Å². The third kappa shape index (κ3) is 5.07. The monoisotopic (exact) mass is 262 g/mol. The summed E-state index contributed by atoms with van der Waals surface area (Å²) in [5.41, 5.74) is 2.34. The van der Waals surface area contributed by atoms with Crippen LogP contribution in [-0.2, 0) is 11.2 Å². The average Bonchev–Trinajstić information content (AvgIpc) is 2.52. The van der Waals surface area contributed by atoms with Gasteiger partial charge >= 0.3 is 0 Å². The zero-order chi connectivity index (χ0) is 14.0. The van der Waals surface area contributed by atoms with Crippen LogP contribution in [0.5, 0.6) is 0 Å². The third-order valence-electron chi connectivity index (χ3n) is 2.98. The molecule has 0 bridgehead atoms. The Bertz CT molecular complexity index is 580. The van der Waals surface area contributed by atoms with E-state index in [-0.39, 0.29) is 5.78 Å². The van der Waals surface area contributed by atoms with Crippen molar-refractivity contribution in [3.05, 3.63) is 90.0 Å². The Morgan fingerprint density at radius 3 is 2.20 bits per heavy atom. The quantitative estimate of drug-likeness (QED) is 0.555. The Hall–Kier alpha value is -2.41. The van der Waals surface area contributed by atoms with Crippen molar-refractivity contribution < 1.29 is 4.79 Å². The Kier molecular flexibility index (Phi) is 5.53. The van der Waals surface area contributed by atoms with Crippen LogP contribution in [0.2, 0.25) is 0 Å². The first-order valence-corrected chi connectivity index (χ1v) is 6.81. The lowest BCUT2D eigenvalue weighted by Crippen LogP contribution is -1.95. The number of hydrogen-bond donors (Lipinski definition) is 0. The van der Waals surface area contributed by atoms with E-state index in [4.69, 9.17) is 0 Å². The van der Waals surface area contributed by atoms with Crippen LogP contribution < -0.4 is 0 Å². The van der Waals surface area contributed by atoms with E-state index in [2.05, 4.69) is 0 Å². The van der Waals surface area contributed by atoms with Crippen molar-refractivity contribution in [1.82, 2.24) is 0 Å². The molecule has 0 aliphatic heterocycles. The van der Waals surface area contributed by atoms with E-state index in [0.29, 0.717) is 6.42 Å². The van der Waals surface area contributed by atoms with Gasteiger partial charge in [-0.15, -0.1) is 0 Å². The van der Waals surface area contributed by atoms with Crippen molar-refractivity contribution in [2.75, 3.05) is 0 Å². The molecule has 100 valence electrons. The maximum absolute atomic E-state index is 11.7. The van der Waals surface area contributed by atoms with Gasteiger partial charge in [0.05, 0.1) is 0 Å². The molecule has 1 nitrogen and oxygen atoms in total. The van der Waals surface area contributed by atoms with Crippen LogP contribution in [0.1, 0.15) is 17.5 Å². The standard InChI is InChI=1S/C19H18O/c20-19(16-15-18-11-5-2-6-12-18)14-8-7-13-17-9-3-1-4-10-17/h1-14H,15-16H2/b13-7+,14-8+. The molecule has 0 heterocycles. The number of benzene rings is 2. The average molecular weight is 262 g/mol. The lowest BCUT2D eigenvalue weighted by molar-refractivity contribution is -0.114. The largest absolute Gasteiger partial charge is 0.295 e. The highest BCUT2D eigenvalue weighted by atomic mass is 16.1. The highest BCUT2D eigenvalue weighted by Crippen LogP contribution is 2.04. The van der Waals surface area contributed by atoms with Gasteiger partial charge in [0.15, 0.2) is 5.78 Å². The number of carbonyl (C=O) groups is 1. The summed E-state index contributed by atoms with van der Waals surface area (Å²) >= 11 is 0. The van der Waals surface area contributed by atoms with E-state index in [1.165, 1.54) is 5.56 Å². The molecule has 0 atom stereocenters. The summed E-state index contributed by atoms with van der Waals surface area (Å²) < 4.78 is 0. The van der Waals surface area contributed by atoms with Gasteiger partial charge in [0.2, 0.25) is 0 Å². The van der Waals surface area contributed by atoms with Crippen molar-refractivity contribution in [1.29, 1.82) is 0 Å². The van der Waals surface area contributed by atoms with Crippen LogP contribution in [0.3, 0.4) is 0 Å². The lowest BCUT2D eigenvalue weighted by Gasteiger charge is -1.97. The minimum absolute atomic E-state index is 0.159. The van der Waals surface area contributed by atoms with Gasteiger partial charge in [-0.2, -0.15) is 0 Å². The lowest BCUT2D eigenvalue weighted by atomic mass is 10.1. The second-order valence-corrected chi connectivity index (χ2v) is 4.58. The molecular formula is C19H18O. The van der Waals surface area contributed by atoms with Crippen molar-refractivity contribution in [2.24, 2.45) is 0 Å². The first kappa shape index (κ1) is 14.0. The maximum Gasteiger partial charge on any atom is 0.156 e. The summed E-state index contributed by atoms with van der Waals surface area (Å²) in [5, 5.41) is 0. The van der Waals surface area contributed by atoms with Crippen molar-refractivity contribution in [3.63, 3.8) is 0 Å². The molecule has 0 unspecified atom stereocenters. The SMILES string of the molecule is O=C(/C=C/C=C/c1ccccc1)CCc1ccccc1. The maximum atomic E-state index is 11.7.